The number of carbonyl (C=O) groups is 2. The molecule has 0 saturated carbocycles. The number of non-ortho nitro benzene ring substituents is 1. The molecule has 0 bridgehead atoms. The SMILES string of the molecule is Cc1ccc([N+](=O)[O-])cc1NC(=O)C(Sc1ccc(NC(=O)c2ccccc2F)cc1)c1ccccc1. The van der Waals surface area contributed by atoms with Gasteiger partial charge in [0, 0.05) is 22.7 Å². The summed E-state index contributed by atoms with van der Waals surface area (Å²) in [5.41, 5.74) is 2.13. The number of nitro benzene ring substituents is 1. The Bertz CT molecular complexity index is 1450. The zero-order valence-electron chi connectivity index (χ0n) is 19.7. The van der Waals surface area contributed by atoms with Gasteiger partial charge in [-0.1, -0.05) is 48.5 Å². The van der Waals surface area contributed by atoms with E-state index in [1.54, 1.807) is 43.3 Å². The summed E-state index contributed by atoms with van der Waals surface area (Å²) in [5, 5.41) is 16.0. The van der Waals surface area contributed by atoms with Gasteiger partial charge in [-0.15, -0.1) is 11.8 Å². The van der Waals surface area contributed by atoms with Crippen molar-refractivity contribution < 1.29 is 18.9 Å². The van der Waals surface area contributed by atoms with Gasteiger partial charge in [0.2, 0.25) is 5.91 Å². The van der Waals surface area contributed by atoms with Crippen molar-refractivity contribution in [2.24, 2.45) is 0 Å². The van der Waals surface area contributed by atoms with Crippen LogP contribution in [0.15, 0.2) is 102 Å². The summed E-state index contributed by atoms with van der Waals surface area (Å²) >= 11 is 1.29. The van der Waals surface area contributed by atoms with Gasteiger partial charge >= 0.3 is 0 Å². The Morgan fingerprint density at radius 3 is 2.24 bits per heavy atom. The van der Waals surface area contributed by atoms with Gasteiger partial charge in [0.15, 0.2) is 0 Å². The van der Waals surface area contributed by atoms with Crippen LogP contribution in [-0.2, 0) is 4.79 Å². The predicted molar refractivity (Wildman–Crippen MR) is 142 cm³/mol. The Labute approximate surface area is 216 Å². The Morgan fingerprint density at radius 1 is 0.892 bits per heavy atom. The zero-order chi connectivity index (χ0) is 26.4. The molecule has 1 atom stereocenters. The predicted octanol–water partition coefficient (Wildman–Crippen LogP) is 6.77. The maximum absolute atomic E-state index is 13.9. The number of hydrogen-bond acceptors (Lipinski definition) is 5. The minimum Gasteiger partial charge on any atom is -0.324 e. The minimum atomic E-state index is -0.654. The lowest BCUT2D eigenvalue weighted by Crippen LogP contribution is -2.19. The number of halogens is 1. The molecule has 0 radical (unpaired) electrons. The number of hydrogen-bond donors (Lipinski definition) is 2. The average molecular weight is 516 g/mol. The first kappa shape index (κ1) is 25.6. The smallest absolute Gasteiger partial charge is 0.271 e. The molecule has 0 saturated heterocycles. The minimum absolute atomic E-state index is 0.0572. The van der Waals surface area contributed by atoms with Crippen LogP contribution >= 0.6 is 11.8 Å². The topological polar surface area (TPSA) is 101 Å². The van der Waals surface area contributed by atoms with E-state index < -0.39 is 21.9 Å². The third-order valence-electron chi connectivity index (χ3n) is 5.51. The third-order valence-corrected chi connectivity index (χ3v) is 6.78. The maximum Gasteiger partial charge on any atom is 0.271 e. The van der Waals surface area contributed by atoms with Crippen molar-refractivity contribution in [1.82, 2.24) is 0 Å². The van der Waals surface area contributed by atoms with Gasteiger partial charge in [0.1, 0.15) is 11.1 Å². The highest BCUT2D eigenvalue weighted by Gasteiger charge is 2.23. The van der Waals surface area contributed by atoms with Crippen LogP contribution in [0.3, 0.4) is 0 Å². The second kappa shape index (κ2) is 11.5. The molecule has 0 aliphatic carbocycles. The number of nitrogens with one attached hydrogen (secondary N) is 2. The van der Waals surface area contributed by atoms with Crippen LogP contribution in [0.5, 0.6) is 0 Å². The summed E-state index contributed by atoms with van der Waals surface area (Å²) in [5.74, 6) is -1.51. The second-order valence-electron chi connectivity index (χ2n) is 8.11. The van der Waals surface area contributed by atoms with E-state index in [4.69, 9.17) is 0 Å². The molecule has 4 aromatic carbocycles. The largest absolute Gasteiger partial charge is 0.324 e. The number of nitro groups is 1. The summed E-state index contributed by atoms with van der Waals surface area (Å²) in [6, 6.07) is 26.1. The fraction of sp³-hybridized carbons (Fsp3) is 0.0714. The molecule has 4 aromatic rings. The van der Waals surface area contributed by atoms with Crippen molar-refractivity contribution >= 4 is 40.6 Å². The molecule has 2 N–H and O–H groups in total. The second-order valence-corrected chi connectivity index (χ2v) is 9.29. The summed E-state index contributed by atoms with van der Waals surface area (Å²) in [6.45, 7) is 1.76. The van der Waals surface area contributed by atoms with Gasteiger partial charge in [-0.2, -0.15) is 0 Å². The number of thioether (sulfide) groups is 1. The van der Waals surface area contributed by atoms with Crippen molar-refractivity contribution in [3.05, 3.63) is 130 Å². The molecule has 7 nitrogen and oxygen atoms in total. The van der Waals surface area contributed by atoms with Gasteiger partial charge in [0.25, 0.3) is 11.6 Å². The number of aryl methyl sites for hydroxylation is 1. The molecule has 0 heterocycles. The molecule has 1 unspecified atom stereocenters. The fourth-order valence-electron chi connectivity index (χ4n) is 3.55. The first-order valence-corrected chi connectivity index (χ1v) is 12.1. The summed E-state index contributed by atoms with van der Waals surface area (Å²) in [6.07, 6.45) is 0. The van der Waals surface area contributed by atoms with Crippen LogP contribution in [0.2, 0.25) is 0 Å². The lowest BCUT2D eigenvalue weighted by Gasteiger charge is -2.18. The number of anilines is 2. The molecule has 0 aliphatic heterocycles. The van der Waals surface area contributed by atoms with E-state index in [0.29, 0.717) is 16.9 Å². The summed E-state index contributed by atoms with van der Waals surface area (Å²) in [4.78, 5) is 37.2. The molecule has 37 heavy (non-hydrogen) atoms. The van der Waals surface area contributed by atoms with E-state index in [1.807, 2.05) is 30.3 Å². The van der Waals surface area contributed by atoms with Crippen molar-refractivity contribution in [1.29, 1.82) is 0 Å². The van der Waals surface area contributed by atoms with Gasteiger partial charge in [-0.25, -0.2) is 4.39 Å². The molecule has 9 heteroatoms. The fourth-order valence-corrected chi connectivity index (χ4v) is 4.58. The molecule has 0 aliphatic rings. The highest BCUT2D eigenvalue weighted by Crippen LogP contribution is 2.37. The van der Waals surface area contributed by atoms with Crippen molar-refractivity contribution in [3.63, 3.8) is 0 Å². The Balaban J connectivity index is 1.52. The van der Waals surface area contributed by atoms with Crippen LogP contribution in [0.4, 0.5) is 21.5 Å². The van der Waals surface area contributed by atoms with Crippen LogP contribution < -0.4 is 10.6 Å². The number of benzene rings is 4. The summed E-state index contributed by atoms with van der Waals surface area (Å²) < 4.78 is 13.9. The van der Waals surface area contributed by atoms with Gasteiger partial charge in [-0.3, -0.25) is 19.7 Å². The van der Waals surface area contributed by atoms with Crippen LogP contribution in [0.25, 0.3) is 0 Å². The molecule has 0 spiro atoms. The highest BCUT2D eigenvalue weighted by molar-refractivity contribution is 8.00. The standard InChI is InChI=1S/C28H22FN3O4S/c1-18-11-14-21(32(35)36)17-25(18)31-28(34)26(19-7-3-2-4-8-19)37-22-15-12-20(13-16-22)30-27(33)23-9-5-6-10-24(23)29/h2-17,26H,1H3,(H,30,33)(H,31,34). The molecule has 0 fully saturated rings. The molecule has 186 valence electrons. The normalized spacial score (nSPS) is 11.4. The van der Waals surface area contributed by atoms with Crippen LogP contribution in [-0.4, -0.2) is 16.7 Å². The quantitative estimate of drug-likeness (QED) is 0.153. The zero-order valence-corrected chi connectivity index (χ0v) is 20.5. The molecule has 0 aromatic heterocycles. The van der Waals surface area contributed by atoms with Crippen LogP contribution in [0, 0.1) is 22.9 Å². The number of nitrogens with zero attached hydrogens (tertiary/aromatic N) is 1. The van der Waals surface area contributed by atoms with Crippen molar-refractivity contribution in [2.45, 2.75) is 17.1 Å². The van der Waals surface area contributed by atoms with Gasteiger partial charge in [0.05, 0.1) is 16.2 Å². The Kier molecular flexibility index (Phi) is 7.95. The highest BCUT2D eigenvalue weighted by atomic mass is 32.2. The van der Waals surface area contributed by atoms with E-state index >= 15 is 0 Å². The molecular formula is C28H22FN3O4S. The first-order chi connectivity index (χ1) is 17.8. The van der Waals surface area contributed by atoms with Crippen LogP contribution in [0.1, 0.15) is 26.7 Å². The van der Waals surface area contributed by atoms with Gasteiger partial charge in [-0.05, 0) is 54.4 Å². The average Bonchev–Trinajstić information content (AvgIpc) is 2.90. The maximum atomic E-state index is 13.9. The van der Waals surface area contributed by atoms with E-state index in [9.17, 15) is 24.1 Å². The monoisotopic (exact) mass is 515 g/mol. The van der Waals surface area contributed by atoms with E-state index in [0.717, 1.165) is 10.5 Å². The van der Waals surface area contributed by atoms with Crippen molar-refractivity contribution in [3.8, 4) is 0 Å². The molecular weight excluding hydrogens is 493 g/mol. The lowest BCUT2D eigenvalue weighted by atomic mass is 10.1. The Morgan fingerprint density at radius 2 is 1.57 bits per heavy atom. The van der Waals surface area contributed by atoms with E-state index in [2.05, 4.69) is 10.6 Å². The third kappa shape index (κ3) is 6.39. The molecule has 4 rings (SSSR count). The van der Waals surface area contributed by atoms with E-state index in [-0.39, 0.29) is 17.2 Å². The number of carbonyl (C=O) groups excluding carboxylic acids is 2. The number of amides is 2. The lowest BCUT2D eigenvalue weighted by molar-refractivity contribution is -0.384. The summed E-state index contributed by atoms with van der Waals surface area (Å²) in [7, 11) is 0. The number of rotatable bonds is 8. The first-order valence-electron chi connectivity index (χ1n) is 11.3. The Hall–Kier alpha value is -4.50. The van der Waals surface area contributed by atoms with Gasteiger partial charge < -0.3 is 10.6 Å². The molecule has 2 amide bonds. The van der Waals surface area contributed by atoms with E-state index in [1.165, 1.54) is 42.1 Å². The van der Waals surface area contributed by atoms with Crippen molar-refractivity contribution in [2.75, 3.05) is 10.6 Å².